The lowest BCUT2D eigenvalue weighted by Crippen LogP contribution is -2.14. The topological polar surface area (TPSA) is 87.9 Å². The van der Waals surface area contributed by atoms with Gasteiger partial charge in [-0.25, -0.2) is 9.37 Å². The third kappa shape index (κ3) is 3.33. The van der Waals surface area contributed by atoms with Gasteiger partial charge in [0.1, 0.15) is 28.3 Å². The van der Waals surface area contributed by atoms with Crippen molar-refractivity contribution in [3.8, 4) is 11.8 Å². The summed E-state index contributed by atoms with van der Waals surface area (Å²) < 4.78 is 14.7. The molecule has 1 amide bonds. The fourth-order valence-electron chi connectivity index (χ4n) is 1.91. The zero-order chi connectivity index (χ0) is 17.1. The normalized spacial score (nSPS) is 11.2. The maximum Gasteiger partial charge on any atom is 0.259 e. The molecule has 0 aliphatic carbocycles. The molecule has 0 aliphatic rings. The van der Waals surface area contributed by atoms with Gasteiger partial charge in [0.15, 0.2) is 0 Å². The van der Waals surface area contributed by atoms with Crippen LogP contribution in [0, 0.1) is 17.1 Å². The summed E-state index contributed by atoms with van der Waals surface area (Å²) in [5.74, 6) is -0.794. The Labute approximate surface area is 137 Å². The van der Waals surface area contributed by atoms with Gasteiger partial charge >= 0.3 is 0 Å². The average Bonchev–Trinajstić information content (AvgIpc) is 2.82. The fraction of sp³-hybridized carbons (Fsp3) is 0.133. The highest BCUT2D eigenvalue weighted by molar-refractivity contribution is 6.31. The first kappa shape index (κ1) is 16.5. The number of primary amides is 1. The first-order chi connectivity index (χ1) is 10.8. The number of hydrogen-bond donors (Lipinski definition) is 1. The van der Waals surface area contributed by atoms with Gasteiger partial charge in [0.2, 0.25) is 5.95 Å². The summed E-state index contributed by atoms with van der Waals surface area (Å²) in [6.07, 6.45) is 1.22. The minimum atomic E-state index is -0.869. The molecular weight excluding hydrogens is 321 g/mol. The van der Waals surface area contributed by atoms with Crippen LogP contribution in [-0.2, 0) is 4.79 Å². The Kier molecular flexibility index (Phi) is 4.67. The van der Waals surface area contributed by atoms with E-state index in [4.69, 9.17) is 22.6 Å². The van der Waals surface area contributed by atoms with Gasteiger partial charge in [0, 0.05) is 14.1 Å². The molecule has 118 valence electrons. The Morgan fingerprint density at radius 2 is 2.04 bits per heavy atom. The van der Waals surface area contributed by atoms with E-state index in [1.807, 2.05) is 0 Å². The van der Waals surface area contributed by atoms with Crippen molar-refractivity contribution in [3.63, 3.8) is 0 Å². The van der Waals surface area contributed by atoms with Gasteiger partial charge < -0.3 is 10.6 Å². The lowest BCUT2D eigenvalue weighted by atomic mass is 10.2. The van der Waals surface area contributed by atoms with Crippen LogP contribution >= 0.6 is 11.6 Å². The molecule has 1 aromatic carbocycles. The van der Waals surface area contributed by atoms with Crippen molar-refractivity contribution < 1.29 is 9.18 Å². The molecule has 2 aromatic rings. The number of benzene rings is 1. The van der Waals surface area contributed by atoms with Crippen LogP contribution in [0.3, 0.4) is 0 Å². The minimum absolute atomic E-state index is 0.175. The third-order valence-electron chi connectivity index (χ3n) is 2.98. The van der Waals surface area contributed by atoms with Crippen LogP contribution in [0.25, 0.3) is 11.8 Å². The number of rotatable bonds is 4. The van der Waals surface area contributed by atoms with Gasteiger partial charge in [-0.3, -0.25) is 9.36 Å². The number of nitrogens with zero attached hydrogens (tertiary/aromatic N) is 4. The lowest BCUT2D eigenvalue weighted by molar-refractivity contribution is -0.114. The molecule has 6 nitrogen and oxygen atoms in total. The number of carbonyl (C=O) groups is 1. The van der Waals surface area contributed by atoms with Gasteiger partial charge in [0.05, 0.1) is 5.69 Å². The van der Waals surface area contributed by atoms with Crippen LogP contribution in [0.15, 0.2) is 29.8 Å². The molecule has 0 spiro atoms. The van der Waals surface area contributed by atoms with Crippen LogP contribution in [0.4, 0.5) is 10.3 Å². The van der Waals surface area contributed by atoms with Crippen LogP contribution in [-0.4, -0.2) is 29.6 Å². The molecule has 0 atom stereocenters. The summed E-state index contributed by atoms with van der Waals surface area (Å²) in [7, 11) is 3.51. The number of carbonyl (C=O) groups excluding carboxylic acids is 1. The Morgan fingerprint density at radius 1 is 1.43 bits per heavy atom. The quantitative estimate of drug-likeness (QED) is 0.685. The van der Waals surface area contributed by atoms with Gasteiger partial charge in [-0.05, 0) is 30.3 Å². The summed E-state index contributed by atoms with van der Waals surface area (Å²) in [5.41, 5.74) is 5.66. The van der Waals surface area contributed by atoms with E-state index in [9.17, 15) is 9.18 Å². The van der Waals surface area contributed by atoms with Crippen molar-refractivity contribution in [2.45, 2.75) is 0 Å². The summed E-state index contributed by atoms with van der Waals surface area (Å²) >= 11 is 6.33. The molecule has 2 N–H and O–H groups in total. The zero-order valence-corrected chi connectivity index (χ0v) is 13.2. The highest BCUT2D eigenvalue weighted by atomic mass is 35.5. The maximum absolute atomic E-state index is 13.1. The third-order valence-corrected chi connectivity index (χ3v) is 3.34. The Bertz CT molecular complexity index is 818. The average molecular weight is 334 g/mol. The highest BCUT2D eigenvalue weighted by Crippen LogP contribution is 2.29. The summed E-state index contributed by atoms with van der Waals surface area (Å²) in [6.45, 7) is 0. The van der Waals surface area contributed by atoms with Crippen molar-refractivity contribution in [3.05, 3.63) is 46.5 Å². The summed E-state index contributed by atoms with van der Waals surface area (Å²) in [4.78, 5) is 17.2. The van der Waals surface area contributed by atoms with Crippen molar-refractivity contribution >= 4 is 29.5 Å². The number of hydrogen-bond acceptors (Lipinski definition) is 4. The predicted molar refractivity (Wildman–Crippen MR) is 85.6 cm³/mol. The zero-order valence-electron chi connectivity index (χ0n) is 12.4. The molecule has 0 saturated carbocycles. The molecule has 2 rings (SSSR count). The maximum atomic E-state index is 13.1. The van der Waals surface area contributed by atoms with E-state index < -0.39 is 5.91 Å². The molecule has 1 aromatic heterocycles. The Balaban J connectivity index is 2.66. The molecular formula is C15H13ClFN5O. The standard InChI is InChI=1S/C15H13ClFN5O/c1-21(2)15-20-12(7-9(8-18)14(19)23)13(16)22(15)11-5-3-10(17)4-6-11/h3-7H,1-2H3,(H2,19,23)/b9-7+. The SMILES string of the molecule is CN(C)c1nc(/C=C(\C#N)C(N)=O)c(Cl)n1-c1ccc(F)cc1. The first-order valence-electron chi connectivity index (χ1n) is 6.48. The van der Waals surface area contributed by atoms with Crippen LogP contribution in [0.5, 0.6) is 0 Å². The lowest BCUT2D eigenvalue weighted by Gasteiger charge is -2.14. The van der Waals surface area contributed by atoms with Crippen molar-refractivity contribution in [1.29, 1.82) is 5.26 Å². The van der Waals surface area contributed by atoms with Crippen LogP contribution < -0.4 is 10.6 Å². The largest absolute Gasteiger partial charge is 0.365 e. The number of nitriles is 1. The number of nitrogens with two attached hydrogens (primary N) is 1. The first-order valence-corrected chi connectivity index (χ1v) is 6.86. The summed E-state index contributed by atoms with van der Waals surface area (Å²) in [5, 5.41) is 9.11. The molecule has 0 fully saturated rings. The molecule has 0 aliphatic heterocycles. The van der Waals surface area contributed by atoms with E-state index >= 15 is 0 Å². The van der Waals surface area contributed by atoms with Gasteiger partial charge in [0.25, 0.3) is 5.91 Å². The fourth-order valence-corrected chi connectivity index (χ4v) is 2.18. The van der Waals surface area contributed by atoms with Crippen molar-refractivity contribution in [2.24, 2.45) is 5.73 Å². The van der Waals surface area contributed by atoms with Gasteiger partial charge in [-0.2, -0.15) is 5.26 Å². The van der Waals surface area contributed by atoms with E-state index in [2.05, 4.69) is 4.98 Å². The summed E-state index contributed by atoms with van der Waals surface area (Å²) in [6, 6.07) is 7.38. The smallest absolute Gasteiger partial charge is 0.259 e. The molecule has 1 heterocycles. The van der Waals surface area contributed by atoms with Crippen LogP contribution in [0.2, 0.25) is 5.15 Å². The van der Waals surface area contributed by atoms with Gasteiger partial charge in [-0.15, -0.1) is 0 Å². The molecule has 0 radical (unpaired) electrons. The second kappa shape index (κ2) is 6.50. The minimum Gasteiger partial charge on any atom is -0.365 e. The Morgan fingerprint density at radius 3 is 2.52 bits per heavy atom. The van der Waals surface area contributed by atoms with Crippen molar-refractivity contribution in [1.82, 2.24) is 9.55 Å². The molecule has 8 heteroatoms. The van der Waals surface area contributed by atoms with E-state index in [1.165, 1.54) is 18.2 Å². The second-order valence-electron chi connectivity index (χ2n) is 4.83. The molecule has 23 heavy (non-hydrogen) atoms. The number of anilines is 1. The van der Waals surface area contributed by atoms with Gasteiger partial charge in [-0.1, -0.05) is 11.6 Å². The van der Waals surface area contributed by atoms with E-state index in [1.54, 1.807) is 41.8 Å². The highest BCUT2D eigenvalue weighted by Gasteiger charge is 2.18. The predicted octanol–water partition coefficient (Wildman–Crippen LogP) is 2.12. The van der Waals surface area contributed by atoms with Crippen molar-refractivity contribution in [2.75, 3.05) is 19.0 Å². The molecule has 0 saturated heterocycles. The molecule has 0 unspecified atom stereocenters. The number of halogens is 2. The number of amides is 1. The van der Waals surface area contributed by atoms with E-state index in [0.29, 0.717) is 11.6 Å². The van der Waals surface area contributed by atoms with E-state index in [0.717, 1.165) is 0 Å². The number of imidazole rings is 1. The molecule has 0 bridgehead atoms. The van der Waals surface area contributed by atoms with E-state index in [-0.39, 0.29) is 22.2 Å². The Hall–Kier alpha value is -2.85. The monoisotopic (exact) mass is 333 g/mol. The second-order valence-corrected chi connectivity index (χ2v) is 5.19. The van der Waals surface area contributed by atoms with Crippen LogP contribution in [0.1, 0.15) is 5.69 Å². The number of aromatic nitrogens is 2.